The highest BCUT2D eigenvalue weighted by Crippen LogP contribution is 2.24. The third-order valence-electron chi connectivity index (χ3n) is 3.19. The molecule has 112 valence electrons. The molecule has 1 aromatic heterocycles. The van der Waals surface area contributed by atoms with Gasteiger partial charge in [0.15, 0.2) is 9.90 Å². The fourth-order valence-corrected chi connectivity index (χ4v) is 4.61. The van der Waals surface area contributed by atoms with Crippen molar-refractivity contribution in [3.05, 3.63) is 11.2 Å². The lowest BCUT2D eigenvalue weighted by molar-refractivity contribution is 0.0590. The lowest BCUT2D eigenvalue weighted by Crippen LogP contribution is -2.45. The highest BCUT2D eigenvalue weighted by Gasteiger charge is 2.32. The molecule has 20 heavy (non-hydrogen) atoms. The van der Waals surface area contributed by atoms with Crippen LogP contribution in [0, 0.1) is 0 Å². The Labute approximate surface area is 121 Å². The van der Waals surface area contributed by atoms with E-state index in [1.165, 1.54) is 5.51 Å². The Kier molecular flexibility index (Phi) is 4.74. The second-order valence-corrected chi connectivity index (χ2v) is 7.32. The summed E-state index contributed by atoms with van der Waals surface area (Å²) in [6.45, 7) is 0. The van der Waals surface area contributed by atoms with Gasteiger partial charge in [-0.2, -0.15) is 0 Å². The number of nitrogens with zero attached hydrogens (tertiary/aromatic N) is 1. The van der Waals surface area contributed by atoms with E-state index in [2.05, 4.69) is 14.4 Å². The zero-order valence-electron chi connectivity index (χ0n) is 10.9. The van der Waals surface area contributed by atoms with E-state index in [0.717, 1.165) is 31.3 Å². The second kappa shape index (κ2) is 6.17. The molecule has 0 bridgehead atoms. The van der Waals surface area contributed by atoms with Gasteiger partial charge < -0.3 is 9.84 Å². The summed E-state index contributed by atoms with van der Waals surface area (Å²) in [6.07, 6.45) is 2.18. The molecule has 1 fully saturated rings. The van der Waals surface area contributed by atoms with Crippen LogP contribution in [0.4, 0.5) is 0 Å². The van der Waals surface area contributed by atoms with Crippen molar-refractivity contribution in [1.29, 1.82) is 0 Å². The smallest absolute Gasteiger partial charge is 0.358 e. The molecule has 0 aromatic carbocycles. The maximum atomic E-state index is 12.3. The maximum absolute atomic E-state index is 12.3. The first-order chi connectivity index (χ1) is 9.45. The van der Waals surface area contributed by atoms with Crippen LogP contribution in [0.3, 0.4) is 0 Å². The van der Waals surface area contributed by atoms with E-state index < -0.39 is 28.1 Å². The number of hydrogen-bond donors (Lipinski definition) is 2. The number of sulfonamides is 1. The minimum atomic E-state index is -3.89. The molecule has 1 aliphatic rings. The van der Waals surface area contributed by atoms with Crippen molar-refractivity contribution in [3.63, 3.8) is 0 Å². The predicted octanol–water partition coefficient (Wildman–Crippen LogP) is 0.511. The van der Waals surface area contributed by atoms with Gasteiger partial charge in [-0.25, -0.2) is 22.9 Å². The van der Waals surface area contributed by atoms with Crippen molar-refractivity contribution in [2.45, 2.75) is 42.0 Å². The number of methoxy groups -OCH3 is 1. The molecule has 0 saturated heterocycles. The number of carbonyl (C=O) groups is 1. The number of hydrogen-bond acceptors (Lipinski definition) is 7. The number of thiazole rings is 1. The lowest BCUT2D eigenvalue weighted by atomic mass is 9.93. The summed E-state index contributed by atoms with van der Waals surface area (Å²) in [5.74, 6) is -0.796. The minimum Gasteiger partial charge on any atom is -0.464 e. The number of carbonyl (C=O) groups excluding carboxylic acids is 1. The van der Waals surface area contributed by atoms with Crippen LogP contribution in [-0.2, 0) is 14.8 Å². The normalized spacial score (nSPS) is 23.5. The molecule has 1 aliphatic carbocycles. The first-order valence-corrected chi connectivity index (χ1v) is 8.54. The highest BCUT2D eigenvalue weighted by atomic mass is 32.2. The first-order valence-electron chi connectivity index (χ1n) is 6.18. The Morgan fingerprint density at radius 1 is 1.50 bits per heavy atom. The zero-order valence-corrected chi connectivity index (χ0v) is 12.5. The Bertz CT molecular complexity index is 583. The summed E-state index contributed by atoms with van der Waals surface area (Å²) < 4.78 is 31.4. The summed E-state index contributed by atoms with van der Waals surface area (Å²) in [4.78, 5) is 15.2. The van der Waals surface area contributed by atoms with E-state index in [1.807, 2.05) is 0 Å². The molecule has 9 heteroatoms. The monoisotopic (exact) mass is 320 g/mol. The number of aliphatic hydroxyl groups excluding tert-OH is 1. The number of aliphatic hydroxyl groups is 1. The van der Waals surface area contributed by atoms with Gasteiger partial charge in [-0.05, 0) is 12.8 Å². The fraction of sp³-hybridized carbons (Fsp3) is 0.636. The van der Waals surface area contributed by atoms with Crippen LogP contribution in [0.2, 0.25) is 0 Å². The Morgan fingerprint density at radius 2 is 2.20 bits per heavy atom. The van der Waals surface area contributed by atoms with Crippen LogP contribution < -0.4 is 4.72 Å². The Balaban J connectivity index is 2.22. The van der Waals surface area contributed by atoms with Crippen molar-refractivity contribution in [3.8, 4) is 0 Å². The van der Waals surface area contributed by atoms with Crippen molar-refractivity contribution < 1.29 is 23.1 Å². The summed E-state index contributed by atoms with van der Waals surface area (Å²) >= 11 is 0.846. The fourth-order valence-electron chi connectivity index (χ4n) is 2.16. The number of aromatic nitrogens is 1. The standard InChI is InChI=1S/C11H16N2O5S2/c1-18-10(15)9-11(19-6-12-9)20(16,17)13-7-4-2-3-5-8(7)14/h6-8,13-14H,2-5H2,1H3/t7-,8-/m0/s1. The second-order valence-electron chi connectivity index (χ2n) is 4.56. The van der Waals surface area contributed by atoms with E-state index in [-0.39, 0.29) is 9.90 Å². The van der Waals surface area contributed by atoms with Crippen molar-refractivity contribution in [1.82, 2.24) is 9.71 Å². The summed E-state index contributed by atoms with van der Waals surface area (Å²) in [7, 11) is -2.73. The molecule has 0 amide bonds. The summed E-state index contributed by atoms with van der Waals surface area (Å²) in [5, 5.41) is 9.82. The molecule has 0 unspecified atom stereocenters. The van der Waals surface area contributed by atoms with Crippen molar-refractivity contribution in [2.24, 2.45) is 0 Å². The lowest BCUT2D eigenvalue weighted by Gasteiger charge is -2.27. The van der Waals surface area contributed by atoms with Gasteiger partial charge in [-0.3, -0.25) is 0 Å². The summed E-state index contributed by atoms with van der Waals surface area (Å²) in [5.41, 5.74) is 1.05. The van der Waals surface area contributed by atoms with E-state index >= 15 is 0 Å². The highest BCUT2D eigenvalue weighted by molar-refractivity contribution is 7.91. The van der Waals surface area contributed by atoms with E-state index in [9.17, 15) is 18.3 Å². The van der Waals surface area contributed by atoms with E-state index in [4.69, 9.17) is 0 Å². The molecule has 2 rings (SSSR count). The molecule has 0 spiro atoms. The third kappa shape index (κ3) is 3.17. The number of ether oxygens (including phenoxy) is 1. The Morgan fingerprint density at radius 3 is 2.85 bits per heavy atom. The predicted molar refractivity (Wildman–Crippen MR) is 72.0 cm³/mol. The molecule has 2 atom stereocenters. The molecule has 1 aromatic rings. The van der Waals surface area contributed by atoms with Gasteiger partial charge in [-0.15, -0.1) is 11.3 Å². The van der Waals surface area contributed by atoms with Gasteiger partial charge in [0.05, 0.1) is 18.7 Å². The van der Waals surface area contributed by atoms with Crippen LogP contribution in [0.5, 0.6) is 0 Å². The molecule has 2 N–H and O–H groups in total. The topological polar surface area (TPSA) is 106 Å². The van der Waals surface area contributed by atoms with Gasteiger partial charge in [-0.1, -0.05) is 12.8 Å². The average molecular weight is 320 g/mol. The quantitative estimate of drug-likeness (QED) is 0.783. The number of esters is 1. The van der Waals surface area contributed by atoms with Gasteiger partial charge in [0.2, 0.25) is 0 Å². The SMILES string of the molecule is COC(=O)c1ncsc1S(=O)(=O)N[C@H]1CCCC[C@@H]1O. The van der Waals surface area contributed by atoms with Crippen molar-refractivity contribution >= 4 is 27.3 Å². The molecule has 0 radical (unpaired) electrons. The van der Waals surface area contributed by atoms with E-state index in [1.54, 1.807) is 0 Å². The van der Waals surface area contributed by atoms with Gasteiger partial charge in [0.25, 0.3) is 10.0 Å². The Hall–Kier alpha value is -1.03. The van der Waals surface area contributed by atoms with Crippen LogP contribution in [0.1, 0.15) is 36.2 Å². The molecule has 7 nitrogen and oxygen atoms in total. The summed E-state index contributed by atoms with van der Waals surface area (Å²) in [6, 6.07) is -0.527. The zero-order chi connectivity index (χ0) is 14.8. The van der Waals surface area contributed by atoms with Crippen molar-refractivity contribution in [2.75, 3.05) is 7.11 Å². The van der Waals surface area contributed by atoms with Crippen LogP contribution >= 0.6 is 11.3 Å². The molecule has 0 aliphatic heterocycles. The van der Waals surface area contributed by atoms with Gasteiger partial charge >= 0.3 is 5.97 Å². The average Bonchev–Trinajstić information content (AvgIpc) is 2.90. The van der Waals surface area contributed by atoms with Gasteiger partial charge in [0, 0.05) is 6.04 Å². The largest absolute Gasteiger partial charge is 0.464 e. The minimum absolute atomic E-state index is 0.179. The van der Waals surface area contributed by atoms with E-state index in [0.29, 0.717) is 12.8 Å². The molecular formula is C11H16N2O5S2. The number of nitrogens with one attached hydrogen (secondary N) is 1. The first kappa shape index (κ1) is 15.4. The number of rotatable bonds is 4. The van der Waals surface area contributed by atoms with Crippen LogP contribution in [0.15, 0.2) is 9.72 Å². The maximum Gasteiger partial charge on any atom is 0.358 e. The van der Waals surface area contributed by atoms with Crippen LogP contribution in [0.25, 0.3) is 0 Å². The molecular weight excluding hydrogens is 304 g/mol. The van der Waals surface area contributed by atoms with Gasteiger partial charge in [0.1, 0.15) is 0 Å². The molecule has 1 saturated carbocycles. The van der Waals surface area contributed by atoms with Crippen LogP contribution in [-0.4, -0.2) is 43.7 Å². The third-order valence-corrected chi connectivity index (χ3v) is 6.05. The molecule has 1 heterocycles.